The van der Waals surface area contributed by atoms with Gasteiger partial charge in [-0.25, -0.2) is 0 Å². The topological polar surface area (TPSA) is 106 Å². The fraction of sp³-hybridized carbons (Fsp3) is 0.300. The van der Waals surface area contributed by atoms with Crippen molar-refractivity contribution in [1.29, 1.82) is 0 Å². The first-order valence-corrected chi connectivity index (χ1v) is 12.4. The third kappa shape index (κ3) is 4.67. The molecule has 0 bridgehead atoms. The predicted octanol–water partition coefficient (Wildman–Crippen LogP) is 3.61. The van der Waals surface area contributed by atoms with Gasteiger partial charge in [-0.3, -0.25) is 4.79 Å². The maximum absolute atomic E-state index is 12.1. The number of nitrogens with two attached hydrogens (primary N) is 2. The summed E-state index contributed by atoms with van der Waals surface area (Å²) in [5.74, 6) is -1.52. The molecule has 5 rings (SSSR count). The number of hydrogen-bond donors (Lipinski definition) is 2. The van der Waals surface area contributed by atoms with E-state index in [2.05, 4.69) is 36.4 Å². The highest BCUT2D eigenvalue weighted by Crippen LogP contribution is 2.44. The summed E-state index contributed by atoms with van der Waals surface area (Å²) in [5, 5.41) is 0. The average molecular weight is 501 g/mol. The van der Waals surface area contributed by atoms with Crippen LogP contribution in [-0.2, 0) is 29.3 Å². The lowest BCUT2D eigenvalue weighted by molar-refractivity contribution is -0.191. The molecule has 3 aromatic rings. The maximum atomic E-state index is 12.1. The molecule has 0 aromatic heterocycles. The first kappa shape index (κ1) is 25.2. The molecule has 4 atom stereocenters. The van der Waals surface area contributed by atoms with E-state index in [0.29, 0.717) is 0 Å². The van der Waals surface area contributed by atoms with Crippen molar-refractivity contribution in [3.63, 3.8) is 0 Å². The zero-order chi connectivity index (χ0) is 26.0. The molecule has 0 spiro atoms. The van der Waals surface area contributed by atoms with Gasteiger partial charge < -0.3 is 30.4 Å². The Labute approximate surface area is 217 Å². The van der Waals surface area contributed by atoms with Gasteiger partial charge in [-0.2, -0.15) is 0 Å². The molecule has 192 valence electrons. The first-order valence-electron chi connectivity index (χ1n) is 12.4. The van der Waals surface area contributed by atoms with Crippen molar-refractivity contribution in [2.45, 2.75) is 49.7 Å². The molecule has 2 fully saturated rings. The number of hydrogen-bond acceptors (Lipinski definition) is 6. The van der Waals surface area contributed by atoms with E-state index in [1.165, 1.54) is 6.20 Å². The Morgan fingerprint density at radius 1 is 0.865 bits per heavy atom. The molecule has 7 nitrogen and oxygen atoms in total. The summed E-state index contributed by atoms with van der Waals surface area (Å²) >= 11 is 0. The van der Waals surface area contributed by atoms with E-state index in [-0.39, 0.29) is 12.2 Å². The molecule has 37 heavy (non-hydrogen) atoms. The van der Waals surface area contributed by atoms with Gasteiger partial charge in [-0.05, 0) is 30.5 Å². The molecule has 2 aliphatic heterocycles. The van der Waals surface area contributed by atoms with Crippen LogP contribution in [0.5, 0.6) is 0 Å². The van der Waals surface area contributed by atoms with Gasteiger partial charge in [0.05, 0.1) is 12.2 Å². The zero-order valence-corrected chi connectivity index (χ0v) is 21.0. The summed E-state index contributed by atoms with van der Waals surface area (Å²) in [4.78, 5) is 12.1. The quantitative estimate of drug-likeness (QED) is 0.362. The van der Waals surface area contributed by atoms with Crippen LogP contribution in [0.3, 0.4) is 0 Å². The molecule has 0 radical (unpaired) electrons. The number of carbonyl (C=O) groups excluding carboxylic acids is 1. The highest BCUT2D eigenvalue weighted by molar-refractivity contribution is 5.93. The molecular weight excluding hydrogens is 468 g/mol. The molecule has 0 aliphatic carbocycles. The normalized spacial score (nSPS) is 25.1. The van der Waals surface area contributed by atoms with E-state index in [1.807, 2.05) is 68.4 Å². The summed E-state index contributed by atoms with van der Waals surface area (Å²) in [6, 6.07) is 30.3. The van der Waals surface area contributed by atoms with E-state index in [9.17, 15) is 4.79 Å². The molecule has 4 N–H and O–H groups in total. The summed E-state index contributed by atoms with van der Waals surface area (Å²) in [5.41, 5.74) is 13.5. The van der Waals surface area contributed by atoms with Crippen LogP contribution in [0.2, 0.25) is 0 Å². The van der Waals surface area contributed by atoms with Crippen molar-refractivity contribution >= 4 is 5.91 Å². The maximum Gasteiger partial charge on any atom is 0.248 e. The number of carbonyl (C=O) groups is 1. The van der Waals surface area contributed by atoms with E-state index in [0.717, 1.165) is 16.7 Å². The third-order valence-corrected chi connectivity index (χ3v) is 6.93. The number of amides is 1. The Morgan fingerprint density at radius 2 is 1.32 bits per heavy atom. The molecule has 2 heterocycles. The van der Waals surface area contributed by atoms with Gasteiger partial charge in [0.2, 0.25) is 5.91 Å². The van der Waals surface area contributed by atoms with Crippen LogP contribution in [0, 0.1) is 0 Å². The smallest absolute Gasteiger partial charge is 0.248 e. The average Bonchev–Trinajstić information content (AvgIpc) is 3.40. The standard InChI is InChI=1S/C30H32N2O5/c1-29(2)36-26-24(35-25(27(26)37-29)23(18-31)28(32)33)19-34-30(20-12-6-3-7-13-20,21-14-8-4-9-15-21)22-16-10-5-11-17-22/h3-18,24-27H,19,31H2,1-2H3,(H2,32,33)/t24-,25-,26-,27+/m1/s1. The summed E-state index contributed by atoms with van der Waals surface area (Å²) in [6.07, 6.45) is -1.15. The minimum absolute atomic E-state index is 0.152. The highest BCUT2D eigenvalue weighted by atomic mass is 16.8. The fourth-order valence-electron chi connectivity index (χ4n) is 5.36. The minimum atomic E-state index is -0.925. The number of primary amides is 1. The molecule has 3 aromatic carbocycles. The van der Waals surface area contributed by atoms with Gasteiger partial charge in [0.15, 0.2) is 5.79 Å². The number of rotatable bonds is 8. The lowest BCUT2D eigenvalue weighted by atomic mass is 9.80. The third-order valence-electron chi connectivity index (χ3n) is 6.93. The van der Waals surface area contributed by atoms with Crippen molar-refractivity contribution in [1.82, 2.24) is 0 Å². The zero-order valence-electron chi connectivity index (χ0n) is 21.0. The summed E-state index contributed by atoms with van der Waals surface area (Å²) < 4.78 is 25.6. The van der Waals surface area contributed by atoms with E-state index in [1.54, 1.807) is 0 Å². The van der Waals surface area contributed by atoms with Crippen molar-refractivity contribution in [2.24, 2.45) is 11.5 Å². The largest absolute Gasteiger partial charge is 0.404 e. The number of ether oxygens (including phenoxy) is 4. The summed E-state index contributed by atoms with van der Waals surface area (Å²) in [7, 11) is 0. The van der Waals surface area contributed by atoms with Crippen molar-refractivity contribution < 1.29 is 23.7 Å². The van der Waals surface area contributed by atoms with Gasteiger partial charge in [0, 0.05) is 6.20 Å². The second-order valence-corrected chi connectivity index (χ2v) is 9.74. The second-order valence-electron chi connectivity index (χ2n) is 9.74. The predicted molar refractivity (Wildman–Crippen MR) is 139 cm³/mol. The first-order chi connectivity index (χ1) is 17.9. The molecule has 0 unspecified atom stereocenters. The van der Waals surface area contributed by atoms with Crippen molar-refractivity contribution in [3.05, 3.63) is 119 Å². The van der Waals surface area contributed by atoms with Gasteiger partial charge in [-0.1, -0.05) is 91.0 Å². The highest BCUT2D eigenvalue weighted by Gasteiger charge is 2.57. The van der Waals surface area contributed by atoms with Crippen molar-refractivity contribution in [3.8, 4) is 0 Å². The molecular formula is C30H32N2O5. The van der Waals surface area contributed by atoms with E-state index < -0.39 is 41.7 Å². The Balaban J connectivity index is 1.55. The number of fused-ring (bicyclic) bond motifs is 1. The van der Waals surface area contributed by atoms with Crippen LogP contribution in [0.4, 0.5) is 0 Å². The van der Waals surface area contributed by atoms with Crippen LogP contribution < -0.4 is 11.5 Å². The van der Waals surface area contributed by atoms with Crippen molar-refractivity contribution in [2.75, 3.05) is 6.61 Å². The Bertz CT molecular complexity index is 1150. The van der Waals surface area contributed by atoms with Gasteiger partial charge >= 0.3 is 0 Å². The fourth-order valence-corrected chi connectivity index (χ4v) is 5.36. The van der Waals surface area contributed by atoms with Crippen LogP contribution in [0.25, 0.3) is 0 Å². The van der Waals surface area contributed by atoms with Gasteiger partial charge in [0.1, 0.15) is 30.0 Å². The van der Waals surface area contributed by atoms with Crippen LogP contribution in [0.1, 0.15) is 30.5 Å². The monoisotopic (exact) mass is 500 g/mol. The lowest BCUT2D eigenvalue weighted by Crippen LogP contribution is -2.39. The van der Waals surface area contributed by atoms with E-state index >= 15 is 0 Å². The van der Waals surface area contributed by atoms with Crippen LogP contribution in [0.15, 0.2) is 103 Å². The molecule has 2 aliphatic rings. The Morgan fingerprint density at radius 3 is 1.76 bits per heavy atom. The SMILES string of the molecule is CC1(C)O[C@@H]2[C@H](O1)[C@@H](COC(c1ccccc1)(c1ccccc1)c1ccccc1)O[C@@H]2C(=CN)C(N)=O. The lowest BCUT2D eigenvalue weighted by Gasteiger charge is -2.37. The van der Waals surface area contributed by atoms with Crippen LogP contribution >= 0.6 is 0 Å². The van der Waals surface area contributed by atoms with E-state index in [4.69, 9.17) is 30.4 Å². The second kappa shape index (κ2) is 10.1. The Kier molecular flexibility index (Phi) is 6.88. The van der Waals surface area contributed by atoms with Crippen LogP contribution in [-0.4, -0.2) is 42.7 Å². The Hall–Kier alpha value is -3.49. The molecule has 2 saturated heterocycles. The molecule has 1 amide bonds. The van der Waals surface area contributed by atoms with Gasteiger partial charge in [0.25, 0.3) is 0 Å². The molecule has 0 saturated carbocycles. The molecule has 7 heteroatoms. The minimum Gasteiger partial charge on any atom is -0.404 e. The van der Waals surface area contributed by atoms with Gasteiger partial charge in [-0.15, -0.1) is 0 Å². The summed E-state index contributed by atoms with van der Waals surface area (Å²) in [6.45, 7) is 3.82. The number of benzene rings is 3.